The maximum absolute atomic E-state index is 5.83. The molecule has 2 heterocycles. The number of nitrogens with zero attached hydrogens (tertiary/aromatic N) is 4. The monoisotopic (exact) mass is 286 g/mol. The second-order valence-electron chi connectivity index (χ2n) is 5.34. The van der Waals surface area contributed by atoms with E-state index in [0.29, 0.717) is 6.54 Å². The Bertz CT molecular complexity index is 545. The van der Waals surface area contributed by atoms with Gasteiger partial charge in [0, 0.05) is 51.4 Å². The van der Waals surface area contributed by atoms with Crippen LogP contribution >= 0.6 is 0 Å². The lowest BCUT2D eigenvalue weighted by molar-refractivity contribution is 0.259. The minimum absolute atomic E-state index is 0.599. The van der Waals surface area contributed by atoms with Crippen molar-refractivity contribution in [3.8, 4) is 0 Å². The second-order valence-corrected chi connectivity index (χ2v) is 5.34. The van der Waals surface area contributed by atoms with Gasteiger partial charge in [-0.05, 0) is 11.6 Å². The van der Waals surface area contributed by atoms with Crippen molar-refractivity contribution in [1.29, 1.82) is 0 Å². The minimum Gasteiger partial charge on any atom is -0.369 e. The Morgan fingerprint density at radius 1 is 1.14 bits per heavy atom. The van der Waals surface area contributed by atoms with Crippen molar-refractivity contribution in [2.75, 3.05) is 37.6 Å². The first-order valence-corrected chi connectivity index (χ1v) is 7.46. The molecule has 1 aliphatic rings. The van der Waals surface area contributed by atoms with Crippen molar-refractivity contribution >= 4 is 5.69 Å². The van der Waals surface area contributed by atoms with Crippen molar-refractivity contribution < 1.29 is 0 Å². The molecule has 0 spiro atoms. The van der Waals surface area contributed by atoms with Crippen LogP contribution in [0.1, 0.15) is 11.4 Å². The number of hydrogen-bond donors (Lipinski definition) is 2. The molecule has 0 unspecified atom stereocenters. The fourth-order valence-corrected chi connectivity index (χ4v) is 2.82. The molecule has 0 bridgehead atoms. The number of nitrogens with two attached hydrogens (primary N) is 1. The van der Waals surface area contributed by atoms with Crippen LogP contribution in [0, 0.1) is 0 Å². The minimum atomic E-state index is 0.599. The van der Waals surface area contributed by atoms with E-state index in [2.05, 4.69) is 49.2 Å². The van der Waals surface area contributed by atoms with Crippen molar-refractivity contribution in [2.24, 2.45) is 5.73 Å². The molecule has 6 nitrogen and oxygen atoms in total. The van der Waals surface area contributed by atoms with E-state index in [-0.39, 0.29) is 0 Å². The van der Waals surface area contributed by atoms with Gasteiger partial charge in [0.2, 0.25) is 0 Å². The summed E-state index contributed by atoms with van der Waals surface area (Å²) in [6.45, 7) is 5.88. The normalized spacial score (nSPS) is 16.3. The Balaban J connectivity index is 1.53. The van der Waals surface area contributed by atoms with E-state index in [1.54, 1.807) is 6.33 Å². The Morgan fingerprint density at radius 3 is 2.67 bits per heavy atom. The van der Waals surface area contributed by atoms with E-state index in [9.17, 15) is 0 Å². The summed E-state index contributed by atoms with van der Waals surface area (Å²) in [7, 11) is 0. The van der Waals surface area contributed by atoms with Crippen LogP contribution in [-0.4, -0.2) is 52.8 Å². The standard InChI is InChI=1S/C15H22N6/c16-11-13-3-1-2-4-14(13)21-9-7-20(8-10-21)6-5-15-17-12-18-19-15/h1-4,12H,5-11,16H2,(H,17,18,19). The lowest BCUT2D eigenvalue weighted by Crippen LogP contribution is -2.47. The smallest absolute Gasteiger partial charge is 0.137 e. The van der Waals surface area contributed by atoms with Gasteiger partial charge in [0.05, 0.1) is 0 Å². The third-order valence-corrected chi connectivity index (χ3v) is 4.05. The zero-order chi connectivity index (χ0) is 14.5. The van der Waals surface area contributed by atoms with Crippen LogP contribution in [0.3, 0.4) is 0 Å². The molecule has 1 aromatic carbocycles. The summed E-state index contributed by atoms with van der Waals surface area (Å²) in [4.78, 5) is 9.08. The lowest BCUT2D eigenvalue weighted by Gasteiger charge is -2.36. The van der Waals surface area contributed by atoms with Crippen LogP contribution in [0.15, 0.2) is 30.6 Å². The van der Waals surface area contributed by atoms with Crippen LogP contribution in [-0.2, 0) is 13.0 Å². The van der Waals surface area contributed by atoms with Gasteiger partial charge in [0.25, 0.3) is 0 Å². The first kappa shape index (κ1) is 14.0. The van der Waals surface area contributed by atoms with Crippen molar-refractivity contribution in [3.05, 3.63) is 42.0 Å². The van der Waals surface area contributed by atoms with Crippen LogP contribution in [0.4, 0.5) is 5.69 Å². The molecule has 1 saturated heterocycles. The van der Waals surface area contributed by atoms with Crippen LogP contribution < -0.4 is 10.6 Å². The molecule has 3 rings (SSSR count). The molecule has 0 atom stereocenters. The van der Waals surface area contributed by atoms with Gasteiger partial charge in [-0.25, -0.2) is 4.98 Å². The molecular formula is C15H22N6. The molecule has 0 aliphatic carbocycles. The molecule has 1 aliphatic heterocycles. The number of para-hydroxylation sites is 1. The van der Waals surface area contributed by atoms with E-state index in [1.165, 1.54) is 11.3 Å². The predicted octanol–water partition coefficient (Wildman–Crippen LogP) is 0.628. The zero-order valence-corrected chi connectivity index (χ0v) is 12.2. The molecule has 2 aromatic rings. The zero-order valence-electron chi connectivity index (χ0n) is 12.2. The first-order valence-electron chi connectivity index (χ1n) is 7.46. The summed E-state index contributed by atoms with van der Waals surface area (Å²) in [5, 5.41) is 6.80. The van der Waals surface area contributed by atoms with Crippen molar-refractivity contribution in [1.82, 2.24) is 20.1 Å². The average molecular weight is 286 g/mol. The number of piperazine rings is 1. The second kappa shape index (κ2) is 6.69. The number of aromatic nitrogens is 3. The van der Waals surface area contributed by atoms with Crippen LogP contribution in [0.5, 0.6) is 0 Å². The van der Waals surface area contributed by atoms with Gasteiger partial charge in [-0.3, -0.25) is 10.00 Å². The fraction of sp³-hybridized carbons (Fsp3) is 0.467. The number of hydrogen-bond acceptors (Lipinski definition) is 5. The topological polar surface area (TPSA) is 74.1 Å². The summed E-state index contributed by atoms with van der Waals surface area (Å²) in [6, 6.07) is 8.43. The molecule has 0 amide bonds. The van der Waals surface area contributed by atoms with Gasteiger partial charge in [-0.15, -0.1) is 0 Å². The maximum atomic E-state index is 5.83. The molecule has 21 heavy (non-hydrogen) atoms. The van der Waals surface area contributed by atoms with E-state index >= 15 is 0 Å². The number of benzene rings is 1. The molecule has 6 heteroatoms. The number of nitrogens with one attached hydrogen (secondary N) is 1. The SMILES string of the molecule is NCc1ccccc1N1CCN(CCc2ncn[nH]2)CC1. The highest BCUT2D eigenvalue weighted by molar-refractivity contribution is 5.53. The molecule has 0 radical (unpaired) electrons. The number of rotatable bonds is 5. The highest BCUT2D eigenvalue weighted by Gasteiger charge is 2.18. The Hall–Kier alpha value is -1.92. The predicted molar refractivity (Wildman–Crippen MR) is 83.1 cm³/mol. The fourth-order valence-electron chi connectivity index (χ4n) is 2.82. The van der Waals surface area contributed by atoms with Gasteiger partial charge in [-0.2, -0.15) is 5.10 Å². The third-order valence-electron chi connectivity index (χ3n) is 4.05. The quantitative estimate of drug-likeness (QED) is 0.843. The summed E-state index contributed by atoms with van der Waals surface area (Å²) >= 11 is 0. The van der Waals surface area contributed by atoms with Gasteiger partial charge < -0.3 is 10.6 Å². The number of anilines is 1. The van der Waals surface area contributed by atoms with E-state index in [1.807, 2.05) is 0 Å². The summed E-state index contributed by atoms with van der Waals surface area (Å²) in [5.41, 5.74) is 8.35. The van der Waals surface area contributed by atoms with Gasteiger partial charge in [-0.1, -0.05) is 18.2 Å². The molecular weight excluding hydrogens is 264 g/mol. The number of H-pyrrole nitrogens is 1. The summed E-state index contributed by atoms with van der Waals surface area (Å²) < 4.78 is 0. The van der Waals surface area contributed by atoms with Gasteiger partial charge in [0.1, 0.15) is 12.2 Å². The van der Waals surface area contributed by atoms with Crippen LogP contribution in [0.2, 0.25) is 0 Å². The first-order chi connectivity index (χ1) is 10.4. The van der Waals surface area contributed by atoms with Crippen molar-refractivity contribution in [3.63, 3.8) is 0 Å². The van der Waals surface area contributed by atoms with Gasteiger partial charge >= 0.3 is 0 Å². The number of aromatic amines is 1. The Kier molecular flexibility index (Phi) is 4.47. The Labute approximate surface area is 125 Å². The average Bonchev–Trinajstić information content (AvgIpc) is 3.07. The summed E-state index contributed by atoms with van der Waals surface area (Å²) in [5.74, 6) is 0.964. The molecule has 3 N–H and O–H groups in total. The third kappa shape index (κ3) is 3.40. The highest BCUT2D eigenvalue weighted by Crippen LogP contribution is 2.21. The Morgan fingerprint density at radius 2 is 1.95 bits per heavy atom. The maximum Gasteiger partial charge on any atom is 0.137 e. The molecule has 1 aromatic heterocycles. The van der Waals surface area contributed by atoms with E-state index in [4.69, 9.17) is 5.73 Å². The highest BCUT2D eigenvalue weighted by atomic mass is 15.3. The van der Waals surface area contributed by atoms with Gasteiger partial charge in [0.15, 0.2) is 0 Å². The largest absolute Gasteiger partial charge is 0.369 e. The van der Waals surface area contributed by atoms with E-state index in [0.717, 1.165) is 45.0 Å². The lowest BCUT2D eigenvalue weighted by atomic mass is 10.1. The molecule has 112 valence electrons. The molecule has 1 fully saturated rings. The van der Waals surface area contributed by atoms with Crippen LogP contribution in [0.25, 0.3) is 0 Å². The van der Waals surface area contributed by atoms with E-state index < -0.39 is 0 Å². The van der Waals surface area contributed by atoms with Crippen molar-refractivity contribution in [2.45, 2.75) is 13.0 Å². The summed E-state index contributed by atoms with van der Waals surface area (Å²) in [6.07, 6.45) is 2.50. The molecule has 0 saturated carbocycles.